The molecule has 8 heteroatoms. The number of ether oxygens (including phenoxy) is 1. The van der Waals surface area contributed by atoms with Gasteiger partial charge < -0.3 is 15.4 Å². The zero-order valence-electron chi connectivity index (χ0n) is 16.4. The molecule has 0 spiro atoms. The number of Topliss-reactive ketones (excluding diaryl/α,β-unsaturated/α-hetero) is 1. The highest BCUT2D eigenvalue weighted by molar-refractivity contribution is 7.98. The Bertz CT molecular complexity index is 915. The van der Waals surface area contributed by atoms with Gasteiger partial charge in [0.05, 0.1) is 5.69 Å². The Morgan fingerprint density at radius 1 is 1.03 bits per heavy atom. The molecule has 2 amide bonds. The SMILES string of the molecule is CSc1ccc(C(=O)COC(=O)C(C)NC(=O)c2ccccc2)cc1NC(C)=O. The molecule has 152 valence electrons. The van der Waals surface area contributed by atoms with E-state index in [9.17, 15) is 19.2 Å². The molecule has 2 rings (SSSR count). The van der Waals surface area contributed by atoms with Crippen molar-refractivity contribution in [2.24, 2.45) is 0 Å². The van der Waals surface area contributed by atoms with Gasteiger partial charge in [0.1, 0.15) is 6.04 Å². The van der Waals surface area contributed by atoms with Crippen LogP contribution in [0.4, 0.5) is 5.69 Å². The molecule has 0 saturated carbocycles. The van der Waals surface area contributed by atoms with E-state index in [-0.39, 0.29) is 5.91 Å². The van der Waals surface area contributed by atoms with Gasteiger partial charge in [-0.25, -0.2) is 4.79 Å². The van der Waals surface area contributed by atoms with E-state index >= 15 is 0 Å². The molecule has 2 N–H and O–H groups in total. The molecule has 1 atom stereocenters. The molecule has 7 nitrogen and oxygen atoms in total. The Labute approximate surface area is 173 Å². The van der Waals surface area contributed by atoms with Gasteiger partial charge in [0.25, 0.3) is 5.91 Å². The van der Waals surface area contributed by atoms with Gasteiger partial charge in [0.15, 0.2) is 12.4 Å². The van der Waals surface area contributed by atoms with Crippen LogP contribution in [0.5, 0.6) is 0 Å². The van der Waals surface area contributed by atoms with Gasteiger partial charge in [-0.3, -0.25) is 14.4 Å². The van der Waals surface area contributed by atoms with E-state index in [0.29, 0.717) is 16.8 Å². The monoisotopic (exact) mass is 414 g/mol. The minimum atomic E-state index is -0.913. The molecule has 0 radical (unpaired) electrons. The normalized spacial score (nSPS) is 11.3. The second-order valence-electron chi connectivity index (χ2n) is 6.19. The number of hydrogen-bond acceptors (Lipinski definition) is 6. The van der Waals surface area contributed by atoms with Crippen molar-refractivity contribution < 1.29 is 23.9 Å². The molecule has 0 fully saturated rings. The summed E-state index contributed by atoms with van der Waals surface area (Å²) < 4.78 is 5.04. The zero-order chi connectivity index (χ0) is 21.4. The summed E-state index contributed by atoms with van der Waals surface area (Å²) in [6.07, 6.45) is 1.86. The highest BCUT2D eigenvalue weighted by atomic mass is 32.2. The molecule has 0 bridgehead atoms. The van der Waals surface area contributed by atoms with Crippen molar-refractivity contribution in [3.63, 3.8) is 0 Å². The lowest BCUT2D eigenvalue weighted by Gasteiger charge is -2.14. The van der Waals surface area contributed by atoms with E-state index in [1.54, 1.807) is 48.5 Å². The van der Waals surface area contributed by atoms with E-state index in [2.05, 4.69) is 10.6 Å². The molecule has 0 aliphatic carbocycles. The number of amides is 2. The lowest BCUT2D eigenvalue weighted by Crippen LogP contribution is -2.40. The molecule has 0 aromatic heterocycles. The zero-order valence-corrected chi connectivity index (χ0v) is 17.2. The van der Waals surface area contributed by atoms with Crippen LogP contribution >= 0.6 is 11.8 Å². The number of nitrogens with one attached hydrogen (secondary N) is 2. The van der Waals surface area contributed by atoms with Crippen molar-refractivity contribution >= 4 is 41.0 Å². The van der Waals surface area contributed by atoms with Crippen molar-refractivity contribution in [2.45, 2.75) is 24.8 Å². The lowest BCUT2D eigenvalue weighted by atomic mass is 10.1. The molecule has 29 heavy (non-hydrogen) atoms. The van der Waals surface area contributed by atoms with Gasteiger partial charge in [-0.05, 0) is 37.4 Å². The quantitative estimate of drug-likeness (QED) is 0.391. The standard InChI is InChI=1S/C21H22N2O5S/c1-13(22-20(26)15-7-5-4-6-8-15)21(27)28-12-18(25)16-9-10-19(29-3)17(11-16)23-14(2)24/h4-11,13H,12H2,1-3H3,(H,22,26)(H,23,24). The van der Waals surface area contributed by atoms with Gasteiger partial charge >= 0.3 is 5.97 Å². The summed E-state index contributed by atoms with van der Waals surface area (Å²) in [5.74, 6) is -1.79. The molecule has 0 aliphatic heterocycles. The predicted molar refractivity (Wildman–Crippen MR) is 111 cm³/mol. The second-order valence-corrected chi connectivity index (χ2v) is 7.04. The number of benzene rings is 2. The van der Waals surface area contributed by atoms with E-state index in [1.165, 1.54) is 25.6 Å². The van der Waals surface area contributed by atoms with E-state index in [1.807, 2.05) is 6.26 Å². The minimum Gasteiger partial charge on any atom is -0.456 e. The first-order valence-corrected chi connectivity index (χ1v) is 10.1. The summed E-state index contributed by atoms with van der Waals surface area (Å²) >= 11 is 1.43. The molecule has 1 unspecified atom stereocenters. The topological polar surface area (TPSA) is 102 Å². The number of anilines is 1. The average molecular weight is 414 g/mol. The smallest absolute Gasteiger partial charge is 0.328 e. The summed E-state index contributed by atoms with van der Waals surface area (Å²) in [7, 11) is 0. The number of thioether (sulfide) groups is 1. The van der Waals surface area contributed by atoms with Crippen LogP contribution < -0.4 is 10.6 Å². The molecular formula is C21H22N2O5S. The third kappa shape index (κ3) is 6.46. The molecule has 0 saturated heterocycles. The largest absolute Gasteiger partial charge is 0.456 e. The molecule has 2 aromatic carbocycles. The third-order valence-corrected chi connectivity index (χ3v) is 4.71. The highest BCUT2D eigenvalue weighted by Gasteiger charge is 2.20. The van der Waals surface area contributed by atoms with E-state index < -0.39 is 30.3 Å². The van der Waals surface area contributed by atoms with Crippen molar-refractivity contribution in [1.29, 1.82) is 0 Å². The molecular weight excluding hydrogens is 392 g/mol. The van der Waals surface area contributed by atoms with Crippen LogP contribution in [-0.2, 0) is 14.3 Å². The van der Waals surface area contributed by atoms with Crippen molar-refractivity contribution in [1.82, 2.24) is 5.32 Å². The first kappa shape index (κ1) is 22.2. The molecule has 0 heterocycles. The van der Waals surface area contributed by atoms with Crippen LogP contribution in [0, 0.1) is 0 Å². The van der Waals surface area contributed by atoms with Crippen LogP contribution in [0.1, 0.15) is 34.6 Å². The van der Waals surface area contributed by atoms with Gasteiger partial charge in [0.2, 0.25) is 5.91 Å². The van der Waals surface area contributed by atoms with Crippen LogP contribution in [0.25, 0.3) is 0 Å². The maximum atomic E-state index is 12.4. The number of carbonyl (C=O) groups excluding carboxylic acids is 4. The summed E-state index contributed by atoms with van der Waals surface area (Å²) in [5, 5.41) is 5.20. The van der Waals surface area contributed by atoms with Gasteiger partial charge in [0, 0.05) is 22.9 Å². The maximum Gasteiger partial charge on any atom is 0.328 e. The fraction of sp³-hybridized carbons (Fsp3) is 0.238. The molecule has 2 aromatic rings. The molecule has 0 aliphatic rings. The number of rotatable bonds is 8. The second kappa shape index (κ2) is 10.4. The van der Waals surface area contributed by atoms with Gasteiger partial charge in [-0.1, -0.05) is 24.3 Å². The van der Waals surface area contributed by atoms with Crippen molar-refractivity contribution in [3.8, 4) is 0 Å². The summed E-state index contributed by atoms with van der Waals surface area (Å²) in [6.45, 7) is 2.39. The van der Waals surface area contributed by atoms with Gasteiger partial charge in [-0.15, -0.1) is 11.8 Å². The van der Waals surface area contributed by atoms with Crippen molar-refractivity contribution in [3.05, 3.63) is 59.7 Å². The highest BCUT2D eigenvalue weighted by Crippen LogP contribution is 2.26. The first-order valence-electron chi connectivity index (χ1n) is 8.83. The van der Waals surface area contributed by atoms with Gasteiger partial charge in [-0.2, -0.15) is 0 Å². The number of esters is 1. The fourth-order valence-corrected chi connectivity index (χ4v) is 2.98. The summed E-state index contributed by atoms with van der Waals surface area (Å²) in [5.41, 5.74) is 1.24. The van der Waals surface area contributed by atoms with Crippen LogP contribution in [0.15, 0.2) is 53.4 Å². The van der Waals surface area contributed by atoms with Crippen LogP contribution in [0.3, 0.4) is 0 Å². The Hall–Kier alpha value is -3.13. The maximum absolute atomic E-state index is 12.4. The van der Waals surface area contributed by atoms with Crippen LogP contribution in [-0.4, -0.2) is 42.5 Å². The predicted octanol–water partition coefficient (Wildman–Crippen LogP) is 2.91. The average Bonchev–Trinajstić information content (AvgIpc) is 2.71. The first-order chi connectivity index (χ1) is 13.8. The fourth-order valence-electron chi connectivity index (χ4n) is 2.44. The summed E-state index contributed by atoms with van der Waals surface area (Å²) in [6, 6.07) is 12.4. The van der Waals surface area contributed by atoms with E-state index in [4.69, 9.17) is 4.74 Å². The number of ketones is 1. The Kier molecular flexibility index (Phi) is 7.97. The minimum absolute atomic E-state index is 0.251. The van der Waals surface area contributed by atoms with E-state index in [0.717, 1.165) is 4.90 Å². The van der Waals surface area contributed by atoms with Crippen LogP contribution in [0.2, 0.25) is 0 Å². The Morgan fingerprint density at radius 3 is 2.34 bits per heavy atom. The Morgan fingerprint density at radius 2 is 1.72 bits per heavy atom. The Balaban J connectivity index is 1.94. The number of carbonyl (C=O) groups is 4. The summed E-state index contributed by atoms with van der Waals surface area (Å²) in [4.78, 5) is 48.7. The third-order valence-electron chi connectivity index (χ3n) is 3.91. The number of hydrogen-bond donors (Lipinski definition) is 2. The van der Waals surface area contributed by atoms with Crippen molar-refractivity contribution in [2.75, 3.05) is 18.2 Å². The lowest BCUT2D eigenvalue weighted by molar-refractivity contribution is -0.144.